The summed E-state index contributed by atoms with van der Waals surface area (Å²) in [4.78, 5) is 0.205. The van der Waals surface area contributed by atoms with Crippen LogP contribution in [0.2, 0.25) is 0 Å². The molecule has 0 spiro atoms. The van der Waals surface area contributed by atoms with Gasteiger partial charge in [-0.25, -0.2) is 13.1 Å². The molecular weight excluding hydrogens is 285 g/mol. The van der Waals surface area contributed by atoms with Crippen molar-refractivity contribution < 1.29 is 8.42 Å². The summed E-state index contributed by atoms with van der Waals surface area (Å²) in [6.45, 7) is 2.20. The average molecular weight is 302 g/mol. The number of hydrogen-bond acceptors (Lipinski definition) is 4. The minimum absolute atomic E-state index is 0. The summed E-state index contributed by atoms with van der Waals surface area (Å²) in [5.74, 6) is 0. The van der Waals surface area contributed by atoms with Crippen molar-refractivity contribution in [3.05, 3.63) is 23.8 Å². The number of rotatable bonds is 4. The zero-order valence-corrected chi connectivity index (χ0v) is 11.8. The van der Waals surface area contributed by atoms with E-state index in [2.05, 4.69) is 4.72 Å². The smallest absolute Gasteiger partial charge is 0.240 e. The van der Waals surface area contributed by atoms with Crippen LogP contribution in [0.1, 0.15) is 5.56 Å². The molecule has 0 bridgehead atoms. The minimum atomic E-state index is -3.49. The minimum Gasteiger partial charge on any atom is -0.399 e. The van der Waals surface area contributed by atoms with Crippen LogP contribution >= 0.6 is 24.8 Å². The van der Waals surface area contributed by atoms with Gasteiger partial charge in [0.1, 0.15) is 0 Å². The largest absolute Gasteiger partial charge is 0.399 e. The average Bonchev–Trinajstić information content (AvgIpc) is 2.18. The molecule has 100 valence electrons. The highest BCUT2D eigenvalue weighted by Crippen LogP contribution is 2.17. The first-order chi connectivity index (χ1) is 6.97. The maximum absolute atomic E-state index is 11.7. The van der Waals surface area contributed by atoms with Crippen molar-refractivity contribution in [3.63, 3.8) is 0 Å². The number of benzene rings is 1. The molecule has 8 heteroatoms. The molecule has 5 N–H and O–H groups in total. The molecule has 0 aliphatic heterocycles. The first-order valence-electron chi connectivity index (χ1n) is 4.53. The molecule has 0 aromatic heterocycles. The van der Waals surface area contributed by atoms with Gasteiger partial charge in [0, 0.05) is 18.8 Å². The lowest BCUT2D eigenvalue weighted by molar-refractivity contribution is 0.581. The van der Waals surface area contributed by atoms with Gasteiger partial charge in [-0.15, -0.1) is 24.8 Å². The van der Waals surface area contributed by atoms with E-state index in [1.807, 2.05) is 0 Å². The molecule has 0 amide bonds. The third-order valence-corrected chi connectivity index (χ3v) is 3.54. The van der Waals surface area contributed by atoms with Crippen molar-refractivity contribution in [1.29, 1.82) is 0 Å². The Morgan fingerprint density at radius 2 is 1.88 bits per heavy atom. The second-order valence-electron chi connectivity index (χ2n) is 3.21. The van der Waals surface area contributed by atoms with Crippen molar-refractivity contribution in [2.75, 3.05) is 18.8 Å². The lowest BCUT2D eigenvalue weighted by Crippen LogP contribution is -2.29. The van der Waals surface area contributed by atoms with E-state index in [9.17, 15) is 8.42 Å². The molecule has 0 unspecified atom stereocenters. The van der Waals surface area contributed by atoms with Crippen LogP contribution in [0.4, 0.5) is 5.69 Å². The normalized spacial score (nSPS) is 10.2. The highest BCUT2D eigenvalue weighted by Gasteiger charge is 2.15. The number of aryl methyl sites for hydroxylation is 1. The van der Waals surface area contributed by atoms with E-state index in [1.54, 1.807) is 19.1 Å². The van der Waals surface area contributed by atoms with E-state index in [4.69, 9.17) is 11.5 Å². The fourth-order valence-corrected chi connectivity index (χ4v) is 2.50. The standard InChI is InChI=1S/C9H15N3O2S.2ClH/c1-7-2-3-8(11)6-9(7)15(13,14)12-5-4-10;;/h2-3,6,12H,4-5,10-11H2,1H3;2*1H. The first-order valence-corrected chi connectivity index (χ1v) is 6.01. The van der Waals surface area contributed by atoms with Gasteiger partial charge >= 0.3 is 0 Å². The van der Waals surface area contributed by atoms with Crippen LogP contribution in [0.15, 0.2) is 23.1 Å². The van der Waals surface area contributed by atoms with Gasteiger partial charge in [-0.3, -0.25) is 0 Å². The monoisotopic (exact) mass is 301 g/mol. The summed E-state index contributed by atoms with van der Waals surface area (Å²) < 4.78 is 25.9. The van der Waals surface area contributed by atoms with Gasteiger partial charge in [-0.2, -0.15) is 0 Å². The van der Waals surface area contributed by atoms with Crippen molar-refractivity contribution in [2.24, 2.45) is 5.73 Å². The van der Waals surface area contributed by atoms with Gasteiger partial charge < -0.3 is 11.5 Å². The number of nitrogens with one attached hydrogen (secondary N) is 1. The van der Waals surface area contributed by atoms with Crippen LogP contribution in [-0.4, -0.2) is 21.5 Å². The third-order valence-electron chi connectivity index (χ3n) is 1.94. The van der Waals surface area contributed by atoms with Crippen LogP contribution in [0.25, 0.3) is 0 Å². The van der Waals surface area contributed by atoms with E-state index < -0.39 is 10.0 Å². The Morgan fingerprint density at radius 3 is 2.41 bits per heavy atom. The summed E-state index contributed by atoms with van der Waals surface area (Å²) in [6, 6.07) is 4.78. The quantitative estimate of drug-likeness (QED) is 0.711. The number of nitrogen functional groups attached to an aromatic ring is 1. The van der Waals surface area contributed by atoms with E-state index in [-0.39, 0.29) is 42.8 Å². The van der Waals surface area contributed by atoms with Crippen molar-refractivity contribution in [1.82, 2.24) is 4.72 Å². The van der Waals surface area contributed by atoms with Gasteiger partial charge in [0.2, 0.25) is 10.0 Å². The Kier molecular flexibility index (Phi) is 8.56. The Bertz CT molecular complexity index is 452. The van der Waals surface area contributed by atoms with Crippen molar-refractivity contribution in [3.8, 4) is 0 Å². The molecule has 1 aromatic rings. The summed E-state index contributed by atoms with van der Waals surface area (Å²) >= 11 is 0. The van der Waals surface area contributed by atoms with Gasteiger partial charge in [0.25, 0.3) is 0 Å². The maximum atomic E-state index is 11.7. The van der Waals surface area contributed by atoms with Crippen LogP contribution < -0.4 is 16.2 Å². The SMILES string of the molecule is Cc1ccc(N)cc1S(=O)(=O)NCCN.Cl.Cl. The van der Waals surface area contributed by atoms with Gasteiger partial charge in [-0.1, -0.05) is 6.07 Å². The molecule has 0 atom stereocenters. The Hall–Kier alpha value is -0.530. The van der Waals surface area contributed by atoms with E-state index in [1.165, 1.54) is 6.07 Å². The topological polar surface area (TPSA) is 98.2 Å². The molecule has 17 heavy (non-hydrogen) atoms. The lowest BCUT2D eigenvalue weighted by Gasteiger charge is -2.08. The molecule has 0 heterocycles. The lowest BCUT2D eigenvalue weighted by atomic mass is 10.2. The summed E-state index contributed by atoms with van der Waals surface area (Å²) in [5, 5.41) is 0. The number of anilines is 1. The predicted molar refractivity (Wildman–Crippen MR) is 74.3 cm³/mol. The number of halogens is 2. The van der Waals surface area contributed by atoms with Crippen LogP contribution in [0.3, 0.4) is 0 Å². The molecule has 0 aliphatic carbocycles. The summed E-state index contributed by atoms with van der Waals surface area (Å²) in [6.07, 6.45) is 0. The zero-order valence-electron chi connectivity index (χ0n) is 9.34. The van der Waals surface area contributed by atoms with E-state index in [0.717, 1.165) is 0 Å². The third kappa shape index (κ3) is 5.10. The predicted octanol–water partition coefficient (Wildman–Crippen LogP) is 0.658. The van der Waals surface area contributed by atoms with Gasteiger partial charge in [0.05, 0.1) is 4.90 Å². The molecule has 0 aliphatic rings. The zero-order chi connectivity index (χ0) is 11.5. The molecule has 1 aromatic carbocycles. The molecule has 1 rings (SSSR count). The second kappa shape index (κ2) is 7.73. The Labute approximate surface area is 114 Å². The highest BCUT2D eigenvalue weighted by molar-refractivity contribution is 7.89. The van der Waals surface area contributed by atoms with E-state index in [0.29, 0.717) is 11.3 Å². The summed E-state index contributed by atoms with van der Waals surface area (Å²) in [7, 11) is -3.49. The molecule has 0 saturated carbocycles. The molecule has 0 radical (unpaired) electrons. The fourth-order valence-electron chi connectivity index (χ4n) is 1.18. The van der Waals surface area contributed by atoms with Gasteiger partial charge in [-0.05, 0) is 24.6 Å². The van der Waals surface area contributed by atoms with Crippen LogP contribution in [0, 0.1) is 6.92 Å². The number of hydrogen-bond donors (Lipinski definition) is 3. The molecular formula is C9H17Cl2N3O2S. The second-order valence-corrected chi connectivity index (χ2v) is 4.95. The van der Waals surface area contributed by atoms with E-state index >= 15 is 0 Å². The van der Waals surface area contributed by atoms with Crippen LogP contribution in [0.5, 0.6) is 0 Å². The maximum Gasteiger partial charge on any atom is 0.240 e. The van der Waals surface area contributed by atoms with Crippen molar-refractivity contribution in [2.45, 2.75) is 11.8 Å². The number of sulfonamides is 1. The Morgan fingerprint density at radius 1 is 1.29 bits per heavy atom. The summed E-state index contributed by atoms with van der Waals surface area (Å²) in [5.41, 5.74) is 11.9. The Balaban J connectivity index is 0. The molecule has 5 nitrogen and oxygen atoms in total. The van der Waals surface area contributed by atoms with Crippen molar-refractivity contribution >= 4 is 40.5 Å². The van der Waals surface area contributed by atoms with Crippen LogP contribution in [-0.2, 0) is 10.0 Å². The fraction of sp³-hybridized carbons (Fsp3) is 0.333. The molecule has 0 saturated heterocycles. The molecule has 0 fully saturated rings. The number of nitrogens with two attached hydrogens (primary N) is 2. The van der Waals surface area contributed by atoms with Gasteiger partial charge in [0.15, 0.2) is 0 Å². The highest BCUT2D eigenvalue weighted by atomic mass is 35.5. The first kappa shape index (κ1) is 18.8.